The van der Waals surface area contributed by atoms with Crippen LogP contribution in [0.15, 0.2) is 24.5 Å². The van der Waals surface area contributed by atoms with Crippen molar-refractivity contribution in [2.45, 2.75) is 0 Å². The zero-order valence-electron chi connectivity index (χ0n) is 7.47. The lowest BCUT2D eigenvalue weighted by Crippen LogP contribution is -2.07. The molecule has 14 heavy (non-hydrogen) atoms. The van der Waals surface area contributed by atoms with Crippen LogP contribution in [0.25, 0.3) is 11.4 Å². The molecule has 2 heterocycles. The molecule has 0 aromatic heterocycles. The quantitative estimate of drug-likeness (QED) is 0.541. The van der Waals surface area contributed by atoms with Gasteiger partial charge in [0, 0.05) is 11.8 Å². The van der Waals surface area contributed by atoms with Crippen LogP contribution in [-0.2, 0) is 4.74 Å². The average molecular weight is 192 g/mol. The van der Waals surface area contributed by atoms with Gasteiger partial charge < -0.3 is 9.94 Å². The van der Waals surface area contributed by atoms with Crippen LogP contribution >= 0.6 is 0 Å². The number of rotatable bonds is 1. The normalized spacial score (nSPS) is 10.4. The fraction of sp³-hybridized carbons (Fsp3) is 0.111. The number of pyridine rings is 1. The Labute approximate surface area is 79.9 Å². The first-order valence-electron chi connectivity index (χ1n) is 3.97. The second kappa shape index (κ2) is 3.02. The zero-order chi connectivity index (χ0) is 10.1. The van der Waals surface area contributed by atoms with Gasteiger partial charge in [-0.2, -0.15) is 4.73 Å². The van der Waals surface area contributed by atoms with Crippen molar-refractivity contribution in [1.29, 1.82) is 0 Å². The van der Waals surface area contributed by atoms with Crippen molar-refractivity contribution in [3.63, 3.8) is 0 Å². The minimum atomic E-state index is -0.490. The fourth-order valence-electron chi connectivity index (χ4n) is 1.27. The van der Waals surface area contributed by atoms with Crippen LogP contribution in [0.2, 0.25) is 0 Å². The number of ether oxygens (including phenoxy) is 1. The van der Waals surface area contributed by atoms with Crippen molar-refractivity contribution in [2.75, 3.05) is 7.11 Å². The van der Waals surface area contributed by atoms with E-state index in [-0.39, 0.29) is 5.56 Å². The Morgan fingerprint density at radius 3 is 3.14 bits per heavy atom. The standard InChI is InChI=1S/C9H8N2O3/c1-14-9(12)7-4-6-2-3-10-8(6)11(13)5-7/h2-5,13H,1H3. The number of carbonyl (C=O) groups excluding carboxylic acids is 1. The van der Waals surface area contributed by atoms with E-state index in [2.05, 4.69) is 9.72 Å². The summed E-state index contributed by atoms with van der Waals surface area (Å²) in [6.07, 6.45) is 2.82. The molecule has 2 aliphatic rings. The van der Waals surface area contributed by atoms with Crippen LogP contribution in [0.3, 0.4) is 0 Å². The summed E-state index contributed by atoms with van der Waals surface area (Å²) >= 11 is 0. The lowest BCUT2D eigenvalue weighted by atomic mass is 10.2. The van der Waals surface area contributed by atoms with Crippen LogP contribution in [0, 0.1) is 0 Å². The van der Waals surface area contributed by atoms with Gasteiger partial charge in [-0.15, -0.1) is 0 Å². The van der Waals surface area contributed by atoms with Gasteiger partial charge in [-0.05, 0) is 12.1 Å². The van der Waals surface area contributed by atoms with Crippen molar-refractivity contribution < 1.29 is 14.7 Å². The molecule has 0 aliphatic carbocycles. The summed E-state index contributed by atoms with van der Waals surface area (Å²) in [5.74, 6) is -0.0754. The van der Waals surface area contributed by atoms with Gasteiger partial charge in [-0.25, -0.2) is 9.78 Å². The van der Waals surface area contributed by atoms with E-state index in [4.69, 9.17) is 0 Å². The van der Waals surface area contributed by atoms with Gasteiger partial charge in [-0.3, -0.25) is 0 Å². The molecule has 2 aliphatic heterocycles. The maximum absolute atomic E-state index is 11.2. The first kappa shape index (κ1) is 8.55. The first-order chi connectivity index (χ1) is 6.72. The number of aromatic nitrogens is 2. The van der Waals surface area contributed by atoms with Crippen LogP contribution in [0.5, 0.6) is 0 Å². The Bertz CT molecular complexity index is 450. The van der Waals surface area contributed by atoms with Gasteiger partial charge in [0.2, 0.25) is 0 Å². The summed E-state index contributed by atoms with van der Waals surface area (Å²) in [5.41, 5.74) is 0.978. The van der Waals surface area contributed by atoms with Crippen molar-refractivity contribution in [2.24, 2.45) is 0 Å². The Kier molecular flexibility index (Phi) is 1.85. The van der Waals surface area contributed by atoms with Crippen LogP contribution in [0.4, 0.5) is 0 Å². The second-order valence-corrected chi connectivity index (χ2v) is 2.79. The largest absolute Gasteiger partial charge is 0.465 e. The molecule has 0 fully saturated rings. The Morgan fingerprint density at radius 2 is 2.43 bits per heavy atom. The van der Waals surface area contributed by atoms with E-state index in [1.54, 1.807) is 18.3 Å². The number of methoxy groups -OCH3 is 1. The predicted molar refractivity (Wildman–Crippen MR) is 47.4 cm³/mol. The number of hydrogen-bond donors (Lipinski definition) is 1. The molecule has 0 saturated carbocycles. The molecule has 72 valence electrons. The molecule has 0 amide bonds. The summed E-state index contributed by atoms with van der Waals surface area (Å²) in [5, 5.41) is 9.43. The molecule has 0 unspecified atom stereocenters. The van der Waals surface area contributed by atoms with Crippen molar-refractivity contribution >= 4 is 5.97 Å². The SMILES string of the molecule is COC(=O)c1cc2ccnc-2n(O)c1. The lowest BCUT2D eigenvalue weighted by molar-refractivity contribution is 0.0595. The molecule has 0 bridgehead atoms. The van der Waals surface area contributed by atoms with E-state index in [0.717, 1.165) is 4.73 Å². The summed E-state index contributed by atoms with van der Waals surface area (Å²) in [4.78, 5) is 15.1. The molecule has 1 N–H and O–H groups in total. The minimum absolute atomic E-state index is 0.288. The lowest BCUT2D eigenvalue weighted by Gasteiger charge is -2.06. The van der Waals surface area contributed by atoms with Crippen molar-refractivity contribution in [1.82, 2.24) is 9.71 Å². The van der Waals surface area contributed by atoms with Gasteiger partial charge >= 0.3 is 5.97 Å². The molecule has 0 atom stereocenters. The molecule has 0 spiro atoms. The van der Waals surface area contributed by atoms with Crippen molar-refractivity contribution in [3.8, 4) is 11.4 Å². The van der Waals surface area contributed by atoms with Crippen LogP contribution in [-0.4, -0.2) is 28.0 Å². The average Bonchev–Trinajstić information content (AvgIpc) is 2.64. The molecule has 5 nitrogen and oxygen atoms in total. The Morgan fingerprint density at radius 1 is 1.64 bits per heavy atom. The summed E-state index contributed by atoms with van der Waals surface area (Å²) in [7, 11) is 1.29. The highest BCUT2D eigenvalue weighted by atomic mass is 16.5. The smallest absolute Gasteiger partial charge is 0.339 e. The molecule has 2 rings (SSSR count). The molecule has 0 saturated heterocycles. The van der Waals surface area contributed by atoms with E-state index in [0.29, 0.717) is 11.4 Å². The summed E-state index contributed by atoms with van der Waals surface area (Å²) < 4.78 is 5.34. The summed E-state index contributed by atoms with van der Waals surface area (Å²) in [6, 6.07) is 3.31. The third-order valence-electron chi connectivity index (χ3n) is 1.92. The van der Waals surface area contributed by atoms with E-state index in [1.807, 2.05) is 0 Å². The maximum Gasteiger partial charge on any atom is 0.339 e. The Hall–Kier alpha value is -2.04. The van der Waals surface area contributed by atoms with E-state index in [1.165, 1.54) is 13.3 Å². The third-order valence-corrected chi connectivity index (χ3v) is 1.92. The molecule has 0 aromatic rings. The highest BCUT2D eigenvalue weighted by molar-refractivity contribution is 5.90. The molecule has 0 aromatic carbocycles. The number of nitrogens with zero attached hydrogens (tertiary/aromatic N) is 2. The minimum Gasteiger partial charge on any atom is -0.465 e. The monoisotopic (exact) mass is 192 g/mol. The fourth-order valence-corrected chi connectivity index (χ4v) is 1.27. The van der Waals surface area contributed by atoms with Crippen LogP contribution < -0.4 is 0 Å². The predicted octanol–water partition coefficient (Wildman–Crippen LogP) is 1.01. The van der Waals surface area contributed by atoms with E-state index in [9.17, 15) is 10.0 Å². The number of carbonyl (C=O) groups is 1. The van der Waals surface area contributed by atoms with Crippen molar-refractivity contribution in [3.05, 3.63) is 30.1 Å². The van der Waals surface area contributed by atoms with E-state index < -0.39 is 5.97 Å². The number of hydrogen-bond acceptors (Lipinski definition) is 4. The first-order valence-corrected chi connectivity index (χ1v) is 3.97. The summed E-state index contributed by atoms with van der Waals surface area (Å²) in [6.45, 7) is 0. The zero-order valence-corrected chi connectivity index (χ0v) is 7.47. The molecular weight excluding hydrogens is 184 g/mol. The molecular formula is C9H8N2O3. The van der Waals surface area contributed by atoms with Gasteiger partial charge in [-0.1, -0.05) is 0 Å². The van der Waals surface area contributed by atoms with Gasteiger partial charge in [0.25, 0.3) is 0 Å². The highest BCUT2D eigenvalue weighted by Gasteiger charge is 2.14. The molecule has 5 heteroatoms. The van der Waals surface area contributed by atoms with Gasteiger partial charge in [0.15, 0.2) is 5.82 Å². The number of fused-ring (bicyclic) bond motifs is 1. The van der Waals surface area contributed by atoms with Crippen LogP contribution in [0.1, 0.15) is 10.4 Å². The maximum atomic E-state index is 11.2. The third kappa shape index (κ3) is 1.19. The molecule has 0 radical (unpaired) electrons. The van der Waals surface area contributed by atoms with Gasteiger partial charge in [0.05, 0.1) is 18.9 Å². The topological polar surface area (TPSA) is 64.3 Å². The highest BCUT2D eigenvalue weighted by Crippen LogP contribution is 2.20. The number of esters is 1. The Balaban J connectivity index is 2.59. The van der Waals surface area contributed by atoms with Gasteiger partial charge in [0.1, 0.15) is 0 Å². The van der Waals surface area contributed by atoms with E-state index >= 15 is 0 Å². The second-order valence-electron chi connectivity index (χ2n) is 2.79.